The lowest BCUT2D eigenvalue weighted by molar-refractivity contribution is -0.127. The molecule has 0 bridgehead atoms. The molecule has 60 valence electrons. The molecule has 2 rings (SSSR count). The summed E-state index contributed by atoms with van der Waals surface area (Å²) >= 11 is 0. The molecule has 2 aliphatic rings. The summed E-state index contributed by atoms with van der Waals surface area (Å²) in [4.78, 5) is 21.7. The summed E-state index contributed by atoms with van der Waals surface area (Å²) in [7, 11) is 0. The number of amides is 3. The lowest BCUT2D eigenvalue weighted by atomic mass is 10.4. The van der Waals surface area contributed by atoms with Gasteiger partial charge in [0, 0.05) is 13.1 Å². The number of carbonyl (C=O) groups is 2. The Kier molecular flexibility index (Phi) is 1.30. The van der Waals surface area contributed by atoms with Crippen molar-refractivity contribution in [3.05, 3.63) is 0 Å². The standard InChI is InChI=1S/C5H8N4O2/c10-4-3-6-1-2-9(3)8-5(11)7-4/h3,6H,1-2H2,(H2,7,8,10,11). The highest BCUT2D eigenvalue weighted by Gasteiger charge is 2.36. The van der Waals surface area contributed by atoms with E-state index in [1.165, 1.54) is 0 Å². The zero-order valence-corrected chi connectivity index (χ0v) is 5.76. The summed E-state index contributed by atoms with van der Waals surface area (Å²) in [5.74, 6) is -0.286. The molecule has 2 saturated heterocycles. The Morgan fingerprint density at radius 3 is 3.09 bits per heavy atom. The fourth-order valence-corrected chi connectivity index (χ4v) is 1.25. The van der Waals surface area contributed by atoms with Crippen LogP contribution in [0.2, 0.25) is 0 Å². The number of fused-ring (bicyclic) bond motifs is 1. The summed E-state index contributed by atoms with van der Waals surface area (Å²) < 4.78 is 0. The van der Waals surface area contributed by atoms with E-state index in [-0.39, 0.29) is 12.1 Å². The van der Waals surface area contributed by atoms with Gasteiger partial charge < -0.3 is 0 Å². The van der Waals surface area contributed by atoms with Gasteiger partial charge in [0.2, 0.25) is 0 Å². The van der Waals surface area contributed by atoms with Crippen LogP contribution in [0.15, 0.2) is 0 Å². The van der Waals surface area contributed by atoms with Gasteiger partial charge in [0.15, 0.2) is 6.17 Å². The van der Waals surface area contributed by atoms with Crippen LogP contribution in [-0.2, 0) is 4.79 Å². The maximum Gasteiger partial charge on any atom is 0.336 e. The third-order valence-corrected chi connectivity index (χ3v) is 1.73. The number of nitrogens with zero attached hydrogens (tertiary/aromatic N) is 1. The van der Waals surface area contributed by atoms with Gasteiger partial charge in [0.1, 0.15) is 0 Å². The molecule has 2 fully saturated rings. The van der Waals surface area contributed by atoms with E-state index in [0.717, 1.165) is 6.54 Å². The van der Waals surface area contributed by atoms with Crippen LogP contribution in [0.4, 0.5) is 4.79 Å². The summed E-state index contributed by atoms with van der Waals surface area (Å²) in [6, 6.07) is -0.449. The molecular formula is C5H8N4O2. The number of imide groups is 1. The first-order chi connectivity index (χ1) is 5.27. The minimum atomic E-state index is -0.449. The monoisotopic (exact) mass is 156 g/mol. The highest BCUT2D eigenvalue weighted by atomic mass is 16.2. The van der Waals surface area contributed by atoms with Gasteiger partial charge in [-0.3, -0.25) is 20.9 Å². The molecule has 3 amide bonds. The van der Waals surface area contributed by atoms with Crippen molar-refractivity contribution in [1.29, 1.82) is 0 Å². The van der Waals surface area contributed by atoms with Crippen molar-refractivity contribution in [2.24, 2.45) is 0 Å². The van der Waals surface area contributed by atoms with E-state index in [2.05, 4.69) is 16.1 Å². The third kappa shape index (κ3) is 0.958. The molecule has 1 atom stereocenters. The van der Waals surface area contributed by atoms with Crippen LogP contribution in [0.1, 0.15) is 0 Å². The van der Waals surface area contributed by atoms with Crippen LogP contribution in [0.3, 0.4) is 0 Å². The summed E-state index contributed by atoms with van der Waals surface area (Å²) in [6.45, 7) is 1.39. The number of rotatable bonds is 0. The van der Waals surface area contributed by atoms with E-state index in [1.807, 2.05) is 0 Å². The molecule has 6 nitrogen and oxygen atoms in total. The molecule has 0 radical (unpaired) electrons. The van der Waals surface area contributed by atoms with Gasteiger partial charge in [-0.25, -0.2) is 4.79 Å². The Hall–Kier alpha value is -1.14. The van der Waals surface area contributed by atoms with Crippen LogP contribution in [0.5, 0.6) is 0 Å². The van der Waals surface area contributed by atoms with Gasteiger partial charge in [0.05, 0.1) is 0 Å². The van der Waals surface area contributed by atoms with Crippen molar-refractivity contribution < 1.29 is 9.59 Å². The topological polar surface area (TPSA) is 73.5 Å². The van der Waals surface area contributed by atoms with Crippen LogP contribution in [-0.4, -0.2) is 36.2 Å². The summed E-state index contributed by atoms with van der Waals surface area (Å²) in [5.41, 5.74) is 2.51. The number of hydrazine groups is 1. The van der Waals surface area contributed by atoms with Crippen molar-refractivity contribution in [3.63, 3.8) is 0 Å². The lowest BCUT2D eigenvalue weighted by Gasteiger charge is -2.27. The second-order valence-corrected chi connectivity index (χ2v) is 2.48. The number of nitrogens with one attached hydrogen (secondary N) is 3. The number of hydrogen-bond acceptors (Lipinski definition) is 4. The molecule has 0 saturated carbocycles. The average molecular weight is 156 g/mol. The number of hydrogen-bond donors (Lipinski definition) is 3. The smallest absolute Gasteiger partial charge is 0.291 e. The summed E-state index contributed by atoms with van der Waals surface area (Å²) in [6.07, 6.45) is -0.382. The van der Waals surface area contributed by atoms with Crippen LogP contribution < -0.4 is 16.1 Å². The van der Waals surface area contributed by atoms with E-state index in [1.54, 1.807) is 5.01 Å². The molecular weight excluding hydrogens is 148 g/mol. The van der Waals surface area contributed by atoms with Crippen molar-refractivity contribution in [2.75, 3.05) is 13.1 Å². The first kappa shape index (κ1) is 6.56. The molecule has 2 heterocycles. The molecule has 3 N–H and O–H groups in total. The SMILES string of the molecule is O=C1NC(=O)C2NCCN2N1. The van der Waals surface area contributed by atoms with Crippen molar-refractivity contribution in [3.8, 4) is 0 Å². The second-order valence-electron chi connectivity index (χ2n) is 2.48. The van der Waals surface area contributed by atoms with Gasteiger partial charge in [-0.1, -0.05) is 0 Å². The second kappa shape index (κ2) is 2.18. The highest BCUT2D eigenvalue weighted by Crippen LogP contribution is 2.02. The van der Waals surface area contributed by atoms with E-state index in [4.69, 9.17) is 0 Å². The molecule has 2 aliphatic heterocycles. The van der Waals surface area contributed by atoms with E-state index in [9.17, 15) is 9.59 Å². The van der Waals surface area contributed by atoms with Crippen LogP contribution >= 0.6 is 0 Å². The molecule has 1 unspecified atom stereocenters. The molecule has 0 aromatic carbocycles. The Balaban J connectivity index is 2.16. The molecule has 11 heavy (non-hydrogen) atoms. The Labute approximate surface area is 62.9 Å². The maximum absolute atomic E-state index is 11.0. The Morgan fingerprint density at radius 2 is 2.27 bits per heavy atom. The number of carbonyl (C=O) groups excluding carboxylic acids is 2. The predicted molar refractivity (Wildman–Crippen MR) is 35.2 cm³/mol. The largest absolute Gasteiger partial charge is 0.336 e. The van der Waals surface area contributed by atoms with Crippen molar-refractivity contribution >= 4 is 11.9 Å². The zero-order valence-electron chi connectivity index (χ0n) is 5.76. The Morgan fingerprint density at radius 1 is 1.45 bits per heavy atom. The van der Waals surface area contributed by atoms with E-state index in [0.29, 0.717) is 6.54 Å². The normalized spacial score (nSPS) is 31.1. The molecule has 0 aromatic rings. The molecule has 0 aromatic heterocycles. The number of urea groups is 1. The van der Waals surface area contributed by atoms with Gasteiger partial charge in [0.25, 0.3) is 5.91 Å². The lowest BCUT2D eigenvalue weighted by Crippen LogP contribution is -2.64. The average Bonchev–Trinajstić information content (AvgIpc) is 2.34. The summed E-state index contributed by atoms with van der Waals surface area (Å²) in [5, 5.41) is 6.67. The van der Waals surface area contributed by atoms with E-state index < -0.39 is 6.03 Å². The fraction of sp³-hybridized carbons (Fsp3) is 0.600. The van der Waals surface area contributed by atoms with Crippen molar-refractivity contribution in [2.45, 2.75) is 6.17 Å². The molecule has 0 spiro atoms. The van der Waals surface area contributed by atoms with Gasteiger partial charge in [-0.05, 0) is 0 Å². The maximum atomic E-state index is 11.0. The minimum absolute atomic E-state index is 0.286. The quantitative estimate of drug-likeness (QED) is 0.378. The van der Waals surface area contributed by atoms with Gasteiger partial charge >= 0.3 is 6.03 Å². The van der Waals surface area contributed by atoms with Gasteiger partial charge in [-0.15, -0.1) is 0 Å². The third-order valence-electron chi connectivity index (χ3n) is 1.73. The molecule has 6 heteroatoms. The minimum Gasteiger partial charge on any atom is -0.291 e. The van der Waals surface area contributed by atoms with Crippen molar-refractivity contribution in [1.82, 2.24) is 21.1 Å². The van der Waals surface area contributed by atoms with Crippen LogP contribution in [0, 0.1) is 0 Å². The van der Waals surface area contributed by atoms with Gasteiger partial charge in [-0.2, -0.15) is 5.01 Å². The highest BCUT2D eigenvalue weighted by molar-refractivity contribution is 5.98. The zero-order chi connectivity index (χ0) is 7.84. The Bertz CT molecular complexity index is 217. The predicted octanol–water partition coefficient (Wildman–Crippen LogP) is -2.03. The molecule has 0 aliphatic carbocycles. The fourth-order valence-electron chi connectivity index (χ4n) is 1.25. The van der Waals surface area contributed by atoms with Crippen LogP contribution in [0.25, 0.3) is 0 Å². The van der Waals surface area contributed by atoms with E-state index >= 15 is 0 Å². The first-order valence-electron chi connectivity index (χ1n) is 3.39. The first-order valence-corrected chi connectivity index (χ1v) is 3.39.